The van der Waals surface area contributed by atoms with Crippen LogP contribution in [-0.4, -0.2) is 4.57 Å². The number of imidazole rings is 1. The number of nitrogens with zero attached hydrogens (tertiary/aromatic N) is 3. The molecule has 1 rings (SSSR count). The van der Waals surface area contributed by atoms with E-state index < -0.39 is 0 Å². The van der Waals surface area contributed by atoms with Gasteiger partial charge in [-0.2, -0.15) is 9.83 Å². The van der Waals surface area contributed by atoms with E-state index in [1.165, 1.54) is 0 Å². The third-order valence-corrected chi connectivity index (χ3v) is 1.56. The van der Waals surface area contributed by atoms with Gasteiger partial charge < -0.3 is 24.0 Å². The van der Waals surface area contributed by atoms with E-state index in [-0.39, 0.29) is 24.0 Å². The fourth-order valence-corrected chi connectivity index (χ4v) is 0.966. The average molecular weight is 275 g/mol. The second-order valence-corrected chi connectivity index (χ2v) is 2.11. The third-order valence-electron chi connectivity index (χ3n) is 1.56. The first-order chi connectivity index (χ1) is 5.33. The molecule has 0 aliphatic rings. The Balaban J connectivity index is 0.00000121. The molecule has 4 heteroatoms. The molecule has 64 valence electrons. The zero-order valence-corrected chi connectivity index (χ0v) is 9.02. The number of aryl methyl sites for hydroxylation is 1. The monoisotopic (exact) mass is 275 g/mol. The van der Waals surface area contributed by atoms with Crippen molar-refractivity contribution in [3.8, 4) is 6.07 Å². The van der Waals surface area contributed by atoms with Crippen LogP contribution in [0.5, 0.6) is 0 Å². The lowest BCUT2D eigenvalue weighted by atomic mass is 10.6. The molecule has 0 radical (unpaired) electrons. The quantitative estimate of drug-likeness (QED) is 0.444. The van der Waals surface area contributed by atoms with Gasteiger partial charge in [0.25, 0.3) is 0 Å². The summed E-state index contributed by atoms with van der Waals surface area (Å²) in [6.45, 7) is 6.39. The maximum absolute atomic E-state index is 8.71. The van der Waals surface area contributed by atoms with Crippen LogP contribution in [0, 0.1) is 11.3 Å². The summed E-state index contributed by atoms with van der Waals surface area (Å²) in [4.78, 5) is 0. The van der Waals surface area contributed by atoms with Crippen LogP contribution in [0.25, 0.3) is 6.20 Å². The standard InChI is InChI=1S/C8H10N3.HI/c1-3-10-5-6-11(4-2)8(10)7-9;/h3,5-6H,1,4H2,2H3;1H/q+1;/p-1. The van der Waals surface area contributed by atoms with E-state index in [0.717, 1.165) is 6.54 Å². The maximum Gasteiger partial charge on any atom is 0.366 e. The minimum atomic E-state index is 0. The Morgan fingerprint density at radius 1 is 1.83 bits per heavy atom. The average Bonchev–Trinajstić information content (AvgIpc) is 2.45. The lowest BCUT2D eigenvalue weighted by Crippen LogP contribution is -3.00. The van der Waals surface area contributed by atoms with Crippen molar-refractivity contribution in [2.75, 3.05) is 0 Å². The molecule has 1 aromatic rings. The summed E-state index contributed by atoms with van der Waals surface area (Å²) < 4.78 is 3.56. The van der Waals surface area contributed by atoms with Crippen molar-refractivity contribution < 1.29 is 28.5 Å². The van der Waals surface area contributed by atoms with Crippen LogP contribution in [0.2, 0.25) is 0 Å². The summed E-state index contributed by atoms with van der Waals surface area (Å²) in [5, 5.41) is 8.71. The van der Waals surface area contributed by atoms with Gasteiger partial charge in [-0.25, -0.2) is 4.57 Å². The fraction of sp³-hybridized carbons (Fsp3) is 0.250. The summed E-state index contributed by atoms with van der Waals surface area (Å²) in [6.07, 6.45) is 5.29. The van der Waals surface area contributed by atoms with Gasteiger partial charge in [0.15, 0.2) is 6.07 Å². The van der Waals surface area contributed by atoms with Crippen LogP contribution in [0.3, 0.4) is 0 Å². The fourth-order valence-electron chi connectivity index (χ4n) is 0.966. The van der Waals surface area contributed by atoms with Crippen LogP contribution in [0.1, 0.15) is 12.7 Å². The highest BCUT2D eigenvalue weighted by molar-refractivity contribution is 5.23. The molecule has 0 amide bonds. The van der Waals surface area contributed by atoms with E-state index in [9.17, 15) is 0 Å². The van der Waals surface area contributed by atoms with Gasteiger partial charge in [0.2, 0.25) is 0 Å². The molecule has 0 saturated carbocycles. The van der Waals surface area contributed by atoms with Gasteiger partial charge in [-0.1, -0.05) is 6.58 Å². The van der Waals surface area contributed by atoms with Crippen LogP contribution >= 0.6 is 0 Å². The van der Waals surface area contributed by atoms with Gasteiger partial charge in [-0.3, -0.25) is 0 Å². The number of hydrogen-bond donors (Lipinski definition) is 0. The Kier molecular flexibility index (Phi) is 4.59. The van der Waals surface area contributed by atoms with E-state index in [1.54, 1.807) is 10.8 Å². The summed E-state index contributed by atoms with van der Waals surface area (Å²) in [5.41, 5.74) is 0. The molecule has 12 heavy (non-hydrogen) atoms. The Morgan fingerprint density at radius 3 is 2.92 bits per heavy atom. The van der Waals surface area contributed by atoms with Crippen LogP contribution in [0.4, 0.5) is 0 Å². The molecule has 0 N–H and O–H groups in total. The lowest BCUT2D eigenvalue weighted by Gasteiger charge is -1.88. The summed E-state index contributed by atoms with van der Waals surface area (Å²) in [6, 6.07) is 2.10. The van der Waals surface area contributed by atoms with E-state index in [1.807, 2.05) is 23.9 Å². The first kappa shape index (κ1) is 11.2. The van der Waals surface area contributed by atoms with E-state index >= 15 is 0 Å². The molecule has 1 aromatic heterocycles. The minimum absolute atomic E-state index is 0. The molecule has 0 aromatic carbocycles. The summed E-state index contributed by atoms with van der Waals surface area (Å²) in [7, 11) is 0. The maximum atomic E-state index is 8.71. The van der Waals surface area contributed by atoms with Crippen molar-refractivity contribution in [1.29, 1.82) is 5.26 Å². The number of halogens is 1. The molecule has 0 fully saturated rings. The molecule has 3 nitrogen and oxygen atoms in total. The van der Waals surface area contributed by atoms with Gasteiger partial charge >= 0.3 is 5.82 Å². The van der Waals surface area contributed by atoms with Gasteiger partial charge in [0, 0.05) is 0 Å². The number of hydrogen-bond acceptors (Lipinski definition) is 1. The molecule has 0 bridgehead atoms. The Labute approximate surface area is 89.0 Å². The Hall–Kier alpha value is -0.830. The van der Waals surface area contributed by atoms with Crippen LogP contribution < -0.4 is 28.5 Å². The first-order valence-electron chi connectivity index (χ1n) is 3.46. The Bertz CT molecular complexity index is 309. The normalized spacial score (nSPS) is 8.33. The van der Waals surface area contributed by atoms with Crippen molar-refractivity contribution >= 4 is 6.20 Å². The molecule has 0 saturated heterocycles. The third kappa shape index (κ3) is 1.85. The zero-order chi connectivity index (χ0) is 8.27. The topological polar surface area (TPSA) is 32.6 Å². The number of rotatable bonds is 2. The molecule has 0 unspecified atom stereocenters. The van der Waals surface area contributed by atoms with Gasteiger partial charge in [0.05, 0.1) is 12.7 Å². The molecular weight excluding hydrogens is 265 g/mol. The van der Waals surface area contributed by atoms with Gasteiger partial charge in [-0.15, -0.1) is 0 Å². The highest BCUT2D eigenvalue weighted by Gasteiger charge is 2.11. The molecule has 0 aliphatic carbocycles. The van der Waals surface area contributed by atoms with E-state index in [0.29, 0.717) is 5.82 Å². The van der Waals surface area contributed by atoms with Crippen LogP contribution in [-0.2, 0) is 6.54 Å². The highest BCUT2D eigenvalue weighted by atomic mass is 127. The van der Waals surface area contributed by atoms with Crippen molar-refractivity contribution in [2.45, 2.75) is 13.5 Å². The van der Waals surface area contributed by atoms with Crippen molar-refractivity contribution in [3.05, 3.63) is 24.8 Å². The summed E-state index contributed by atoms with van der Waals surface area (Å²) >= 11 is 0. The molecule has 0 spiro atoms. The second kappa shape index (κ2) is 4.93. The Morgan fingerprint density at radius 2 is 2.50 bits per heavy atom. The zero-order valence-electron chi connectivity index (χ0n) is 6.87. The SMILES string of the molecule is C=Cn1cc[n+](CC)c1C#N.[I-]. The predicted molar refractivity (Wildman–Crippen MR) is 41.4 cm³/mol. The van der Waals surface area contributed by atoms with E-state index in [2.05, 4.69) is 12.6 Å². The largest absolute Gasteiger partial charge is 1.00 e. The summed E-state index contributed by atoms with van der Waals surface area (Å²) in [5.74, 6) is 0.613. The second-order valence-electron chi connectivity index (χ2n) is 2.11. The minimum Gasteiger partial charge on any atom is -1.00 e. The molecular formula is C8H10IN3. The van der Waals surface area contributed by atoms with Crippen LogP contribution in [0.15, 0.2) is 19.0 Å². The van der Waals surface area contributed by atoms with Gasteiger partial charge in [-0.05, 0) is 6.92 Å². The van der Waals surface area contributed by atoms with Crippen molar-refractivity contribution in [2.24, 2.45) is 0 Å². The van der Waals surface area contributed by atoms with E-state index in [4.69, 9.17) is 5.26 Å². The molecule has 1 heterocycles. The smallest absolute Gasteiger partial charge is 0.366 e. The highest BCUT2D eigenvalue weighted by Crippen LogP contribution is 1.92. The predicted octanol–water partition coefficient (Wildman–Crippen LogP) is -2.23. The lowest BCUT2D eigenvalue weighted by molar-refractivity contribution is -0.695. The van der Waals surface area contributed by atoms with Crippen molar-refractivity contribution in [3.63, 3.8) is 0 Å². The first-order valence-corrected chi connectivity index (χ1v) is 3.46. The molecule has 0 aliphatic heterocycles. The molecule has 0 atom stereocenters. The van der Waals surface area contributed by atoms with Gasteiger partial charge in [0.1, 0.15) is 12.4 Å². The van der Waals surface area contributed by atoms with Crippen molar-refractivity contribution in [1.82, 2.24) is 4.57 Å². The number of nitriles is 1. The number of aromatic nitrogens is 2.